The monoisotopic (exact) mass is 273 g/mol. The molecule has 0 atom stereocenters. The maximum Gasteiger partial charge on any atom is 0.309 e. The minimum Gasteiger partial charge on any atom is -0.469 e. The van der Waals surface area contributed by atoms with Crippen LogP contribution in [-0.2, 0) is 16.0 Å². The largest absolute Gasteiger partial charge is 0.469 e. The lowest BCUT2D eigenvalue weighted by Crippen LogP contribution is -2.04. The summed E-state index contributed by atoms with van der Waals surface area (Å²) in [6, 6.07) is 4.41. The van der Waals surface area contributed by atoms with Crippen LogP contribution in [0.1, 0.15) is 5.56 Å². The average molecular weight is 274 g/mol. The van der Waals surface area contributed by atoms with E-state index in [1.165, 1.54) is 25.3 Å². The molecule has 0 fully saturated rings. The molecule has 0 aliphatic carbocycles. The van der Waals surface area contributed by atoms with Gasteiger partial charge in [-0.3, -0.25) is 14.9 Å². The third kappa shape index (κ3) is 3.02. The molecule has 0 aliphatic heterocycles. The van der Waals surface area contributed by atoms with Crippen LogP contribution in [0.5, 0.6) is 0 Å². The number of nitro benzene ring substituents is 1. The number of ether oxygens (including phenoxy) is 1. The molecule has 0 saturated carbocycles. The molecule has 1 aromatic carbocycles. The summed E-state index contributed by atoms with van der Waals surface area (Å²) in [7, 11) is 1.29. The van der Waals surface area contributed by atoms with E-state index in [4.69, 9.17) is 0 Å². The zero-order valence-electron chi connectivity index (χ0n) is 7.90. The normalized spacial score (nSPS) is 9.73. The number of nitro groups is 1. The Hall–Kier alpha value is -1.43. The van der Waals surface area contributed by atoms with Crippen LogP contribution >= 0.6 is 15.9 Å². The number of esters is 1. The summed E-state index contributed by atoms with van der Waals surface area (Å²) >= 11 is 3.07. The molecule has 0 radical (unpaired) electrons. The van der Waals surface area contributed by atoms with Gasteiger partial charge in [-0.15, -0.1) is 0 Å². The second-order valence-electron chi connectivity index (χ2n) is 2.80. The van der Waals surface area contributed by atoms with Gasteiger partial charge in [-0.05, 0) is 27.6 Å². The number of carbonyl (C=O) groups is 1. The molecule has 0 aliphatic rings. The van der Waals surface area contributed by atoms with E-state index in [9.17, 15) is 14.9 Å². The van der Waals surface area contributed by atoms with Crippen LogP contribution in [0, 0.1) is 10.1 Å². The molecule has 15 heavy (non-hydrogen) atoms. The van der Waals surface area contributed by atoms with E-state index < -0.39 is 4.92 Å². The van der Waals surface area contributed by atoms with Crippen molar-refractivity contribution in [1.29, 1.82) is 0 Å². The number of hydrogen-bond acceptors (Lipinski definition) is 4. The third-order valence-electron chi connectivity index (χ3n) is 1.78. The number of benzene rings is 1. The van der Waals surface area contributed by atoms with Crippen LogP contribution in [0.25, 0.3) is 0 Å². The molecule has 6 heteroatoms. The summed E-state index contributed by atoms with van der Waals surface area (Å²) in [5, 5.41) is 10.5. The van der Waals surface area contributed by atoms with Crippen LogP contribution in [0.15, 0.2) is 22.7 Å². The minimum absolute atomic E-state index is 0.0244. The topological polar surface area (TPSA) is 69.4 Å². The molecular formula is C9H8BrNO4. The number of halogens is 1. The van der Waals surface area contributed by atoms with Gasteiger partial charge in [-0.1, -0.05) is 6.07 Å². The minimum atomic E-state index is -0.494. The molecule has 0 aromatic heterocycles. The van der Waals surface area contributed by atoms with Gasteiger partial charge in [0.2, 0.25) is 0 Å². The van der Waals surface area contributed by atoms with Gasteiger partial charge in [0.15, 0.2) is 0 Å². The fourth-order valence-electron chi connectivity index (χ4n) is 1.05. The molecule has 0 N–H and O–H groups in total. The van der Waals surface area contributed by atoms with Gasteiger partial charge in [0.05, 0.1) is 22.9 Å². The van der Waals surface area contributed by atoms with Gasteiger partial charge in [0.25, 0.3) is 5.69 Å². The summed E-state index contributed by atoms with van der Waals surface area (Å²) in [4.78, 5) is 20.9. The zero-order valence-corrected chi connectivity index (χ0v) is 9.48. The Bertz CT molecular complexity index is 405. The van der Waals surface area contributed by atoms with E-state index in [0.717, 1.165) is 0 Å². The Morgan fingerprint density at radius 3 is 2.73 bits per heavy atom. The highest BCUT2D eigenvalue weighted by Crippen LogP contribution is 2.25. The van der Waals surface area contributed by atoms with Gasteiger partial charge >= 0.3 is 5.97 Å². The highest BCUT2D eigenvalue weighted by Gasteiger charge is 2.12. The fraction of sp³-hybridized carbons (Fsp3) is 0.222. The van der Waals surface area contributed by atoms with Gasteiger partial charge in [-0.2, -0.15) is 0 Å². The SMILES string of the molecule is COC(=O)Cc1ccc([N+](=O)[O-])c(Br)c1. The summed E-state index contributed by atoms with van der Waals surface area (Å²) in [5.74, 6) is -0.379. The van der Waals surface area contributed by atoms with Crippen molar-refractivity contribution in [3.63, 3.8) is 0 Å². The van der Waals surface area contributed by atoms with Crippen LogP contribution in [0.3, 0.4) is 0 Å². The maximum absolute atomic E-state index is 10.9. The number of methoxy groups -OCH3 is 1. The summed E-state index contributed by atoms with van der Waals surface area (Å²) in [6.07, 6.45) is 0.104. The van der Waals surface area contributed by atoms with E-state index >= 15 is 0 Å². The Morgan fingerprint density at radius 2 is 2.27 bits per heavy atom. The van der Waals surface area contributed by atoms with Crippen molar-refractivity contribution in [2.24, 2.45) is 0 Å². The Balaban J connectivity index is 2.91. The van der Waals surface area contributed by atoms with E-state index in [-0.39, 0.29) is 18.1 Å². The summed E-state index contributed by atoms with van der Waals surface area (Å²) < 4.78 is 4.84. The molecule has 0 unspecified atom stereocenters. The van der Waals surface area contributed by atoms with Crippen molar-refractivity contribution in [3.8, 4) is 0 Å². The molecule has 0 bridgehead atoms. The first-order valence-corrected chi connectivity index (χ1v) is 4.83. The van der Waals surface area contributed by atoms with Crippen LogP contribution < -0.4 is 0 Å². The number of carbonyl (C=O) groups excluding carboxylic acids is 1. The number of nitrogens with zero attached hydrogens (tertiary/aromatic N) is 1. The quantitative estimate of drug-likeness (QED) is 0.480. The molecule has 0 spiro atoms. The highest BCUT2D eigenvalue weighted by atomic mass is 79.9. The lowest BCUT2D eigenvalue weighted by atomic mass is 10.1. The average Bonchev–Trinajstić information content (AvgIpc) is 2.17. The predicted octanol–water partition coefficient (Wildman–Crippen LogP) is 2.07. The van der Waals surface area contributed by atoms with Gasteiger partial charge < -0.3 is 4.74 Å². The van der Waals surface area contributed by atoms with E-state index in [1.54, 1.807) is 0 Å². The molecule has 1 rings (SSSR count). The van der Waals surface area contributed by atoms with Crippen molar-refractivity contribution in [3.05, 3.63) is 38.3 Å². The molecule has 0 amide bonds. The predicted molar refractivity (Wildman–Crippen MR) is 56.5 cm³/mol. The lowest BCUT2D eigenvalue weighted by Gasteiger charge is -2.01. The fourth-order valence-corrected chi connectivity index (χ4v) is 1.62. The van der Waals surface area contributed by atoms with E-state index in [0.29, 0.717) is 10.0 Å². The molecule has 0 heterocycles. The van der Waals surface area contributed by atoms with E-state index in [1.807, 2.05) is 0 Å². The molecule has 0 saturated heterocycles. The van der Waals surface area contributed by atoms with Crippen molar-refractivity contribution >= 4 is 27.6 Å². The van der Waals surface area contributed by atoms with Gasteiger partial charge in [0, 0.05) is 6.07 Å². The van der Waals surface area contributed by atoms with Crippen LogP contribution in [0.2, 0.25) is 0 Å². The van der Waals surface area contributed by atoms with Crippen LogP contribution in [0.4, 0.5) is 5.69 Å². The standard InChI is InChI=1S/C9H8BrNO4/c1-15-9(12)5-6-2-3-8(11(13)14)7(10)4-6/h2-4H,5H2,1H3. The van der Waals surface area contributed by atoms with Crippen molar-refractivity contribution < 1.29 is 14.5 Å². The second-order valence-corrected chi connectivity index (χ2v) is 3.65. The second kappa shape index (κ2) is 4.88. The molecule has 80 valence electrons. The third-order valence-corrected chi connectivity index (χ3v) is 2.42. The van der Waals surface area contributed by atoms with Crippen LogP contribution in [-0.4, -0.2) is 18.0 Å². The Kier molecular flexibility index (Phi) is 3.79. The molecule has 5 nitrogen and oxygen atoms in total. The Morgan fingerprint density at radius 1 is 1.60 bits per heavy atom. The first-order chi connectivity index (χ1) is 7.04. The summed E-state index contributed by atoms with van der Waals surface area (Å²) in [6.45, 7) is 0. The van der Waals surface area contributed by atoms with Crippen molar-refractivity contribution in [2.45, 2.75) is 6.42 Å². The zero-order chi connectivity index (χ0) is 11.4. The van der Waals surface area contributed by atoms with Crippen molar-refractivity contribution in [1.82, 2.24) is 0 Å². The number of rotatable bonds is 3. The summed E-state index contributed by atoms with van der Waals surface area (Å²) in [5.41, 5.74) is 0.642. The Labute approximate surface area is 94.3 Å². The highest BCUT2D eigenvalue weighted by molar-refractivity contribution is 9.10. The first kappa shape index (κ1) is 11.6. The number of hydrogen-bond donors (Lipinski definition) is 0. The smallest absolute Gasteiger partial charge is 0.309 e. The maximum atomic E-state index is 10.9. The van der Waals surface area contributed by atoms with E-state index in [2.05, 4.69) is 20.7 Å². The van der Waals surface area contributed by atoms with Gasteiger partial charge in [0.1, 0.15) is 0 Å². The molecular weight excluding hydrogens is 266 g/mol. The van der Waals surface area contributed by atoms with Crippen molar-refractivity contribution in [2.75, 3.05) is 7.11 Å². The van der Waals surface area contributed by atoms with Gasteiger partial charge in [-0.25, -0.2) is 0 Å². The lowest BCUT2D eigenvalue weighted by molar-refractivity contribution is -0.385. The molecule has 1 aromatic rings. The first-order valence-electron chi connectivity index (χ1n) is 4.04.